The van der Waals surface area contributed by atoms with E-state index in [9.17, 15) is 18.0 Å². The second-order valence-electron chi connectivity index (χ2n) is 13.9. The molecule has 1 aliphatic heterocycles. The smallest absolute Gasteiger partial charge is 0.416 e. The van der Waals surface area contributed by atoms with Crippen molar-refractivity contribution in [3.05, 3.63) is 70.3 Å². The lowest BCUT2D eigenvalue weighted by molar-refractivity contribution is -0.138. The third kappa shape index (κ3) is 5.08. The summed E-state index contributed by atoms with van der Waals surface area (Å²) in [4.78, 5) is 15.5. The van der Waals surface area contributed by atoms with Crippen molar-refractivity contribution in [3.8, 4) is 5.75 Å². The van der Waals surface area contributed by atoms with Crippen LogP contribution in [0.4, 0.5) is 18.9 Å². The Morgan fingerprint density at radius 1 is 1.07 bits per heavy atom. The van der Waals surface area contributed by atoms with Gasteiger partial charge >= 0.3 is 6.18 Å². The molecule has 0 atom stereocenters. The second-order valence-corrected chi connectivity index (χ2v) is 13.9. The van der Waals surface area contributed by atoms with Crippen LogP contribution in [0.2, 0.25) is 0 Å². The highest BCUT2D eigenvalue weighted by molar-refractivity contribution is 6.10. The number of rotatable bonds is 8. The Bertz CT molecular complexity index is 1580. The topological polar surface area (TPSA) is 72.3 Å². The summed E-state index contributed by atoms with van der Waals surface area (Å²) in [5.74, 6) is 1.54. The first-order valence-corrected chi connectivity index (χ1v) is 15.9. The predicted molar refractivity (Wildman–Crippen MR) is 161 cm³/mol. The van der Waals surface area contributed by atoms with Crippen LogP contribution in [0.15, 0.2) is 36.7 Å². The van der Waals surface area contributed by atoms with E-state index in [4.69, 9.17) is 4.74 Å². The first-order valence-electron chi connectivity index (χ1n) is 15.9. The van der Waals surface area contributed by atoms with Crippen LogP contribution in [0.3, 0.4) is 0 Å². The maximum Gasteiger partial charge on any atom is 0.416 e. The Balaban J connectivity index is 1.28. The van der Waals surface area contributed by atoms with E-state index in [1.54, 1.807) is 12.4 Å². The van der Waals surface area contributed by atoms with E-state index in [0.29, 0.717) is 22.9 Å². The number of nitrogens with one attached hydrogen (secondary N) is 1. The SMILES string of the molecule is CC1CC(c2cc(OC3CCCC3)cc(N3Cc4c(cc(CNC5(C)CCC5)cc4C(F)(F)F)C3=O)c2)(c2nncn2C)C1. The fraction of sp³-hybridized carbons (Fsp3) is 0.559. The summed E-state index contributed by atoms with van der Waals surface area (Å²) < 4.78 is 51.7. The van der Waals surface area contributed by atoms with E-state index in [1.165, 1.54) is 11.0 Å². The number of alkyl halides is 3. The van der Waals surface area contributed by atoms with Crippen LogP contribution in [0.1, 0.15) is 110 Å². The van der Waals surface area contributed by atoms with Crippen molar-refractivity contribution in [2.75, 3.05) is 4.90 Å². The van der Waals surface area contributed by atoms with Gasteiger partial charge in [-0.1, -0.05) is 6.92 Å². The van der Waals surface area contributed by atoms with Crippen molar-refractivity contribution in [1.82, 2.24) is 20.1 Å². The lowest BCUT2D eigenvalue weighted by atomic mass is 9.58. The molecule has 3 fully saturated rings. The van der Waals surface area contributed by atoms with Crippen molar-refractivity contribution in [2.45, 2.75) is 108 Å². The minimum atomic E-state index is -4.58. The molecule has 44 heavy (non-hydrogen) atoms. The van der Waals surface area contributed by atoms with Gasteiger partial charge in [0.15, 0.2) is 0 Å². The average molecular weight is 608 g/mol. The minimum Gasteiger partial charge on any atom is -0.490 e. The Labute approximate surface area is 256 Å². The maximum atomic E-state index is 14.4. The number of hydrogen-bond acceptors (Lipinski definition) is 5. The van der Waals surface area contributed by atoms with Gasteiger partial charge in [-0.3, -0.25) is 4.79 Å². The fourth-order valence-corrected chi connectivity index (χ4v) is 7.91. The summed E-state index contributed by atoms with van der Waals surface area (Å²) in [5, 5.41) is 12.1. The first kappa shape index (κ1) is 29.3. The third-order valence-electron chi connectivity index (χ3n) is 10.5. The number of carbonyl (C=O) groups excluding carboxylic acids is 1. The lowest BCUT2D eigenvalue weighted by Gasteiger charge is -2.46. The molecule has 10 heteroatoms. The van der Waals surface area contributed by atoms with Crippen molar-refractivity contribution in [3.63, 3.8) is 0 Å². The van der Waals surface area contributed by atoms with Crippen molar-refractivity contribution in [2.24, 2.45) is 13.0 Å². The molecular weight excluding hydrogens is 567 g/mol. The summed E-state index contributed by atoms with van der Waals surface area (Å²) in [6.07, 6.45) is 6.14. The van der Waals surface area contributed by atoms with Gasteiger partial charge in [-0.25, -0.2) is 0 Å². The van der Waals surface area contributed by atoms with Gasteiger partial charge in [0.2, 0.25) is 0 Å². The van der Waals surface area contributed by atoms with Crippen molar-refractivity contribution < 1.29 is 22.7 Å². The van der Waals surface area contributed by atoms with Gasteiger partial charge in [-0.15, -0.1) is 10.2 Å². The molecule has 2 aromatic carbocycles. The van der Waals surface area contributed by atoms with E-state index < -0.39 is 23.1 Å². The molecule has 0 unspecified atom stereocenters. The number of benzene rings is 2. The molecule has 1 N–H and O–H groups in total. The quantitative estimate of drug-likeness (QED) is 0.297. The highest BCUT2D eigenvalue weighted by Crippen LogP contribution is 2.53. The average Bonchev–Trinajstić information content (AvgIpc) is 3.69. The zero-order valence-corrected chi connectivity index (χ0v) is 25.6. The number of anilines is 1. The molecule has 3 saturated carbocycles. The minimum absolute atomic E-state index is 0.0325. The van der Waals surface area contributed by atoms with Crippen molar-refractivity contribution >= 4 is 11.6 Å². The van der Waals surface area contributed by atoms with Gasteiger partial charge in [0.05, 0.1) is 23.6 Å². The lowest BCUT2D eigenvalue weighted by Crippen LogP contribution is -2.47. The molecule has 0 saturated heterocycles. The molecule has 0 bridgehead atoms. The van der Waals surface area contributed by atoms with Gasteiger partial charge < -0.3 is 19.5 Å². The Kier molecular flexibility index (Phi) is 7.06. The van der Waals surface area contributed by atoms with Crippen LogP contribution in [-0.4, -0.2) is 32.3 Å². The Morgan fingerprint density at radius 3 is 2.43 bits per heavy atom. The van der Waals surface area contributed by atoms with Crippen LogP contribution < -0.4 is 15.0 Å². The molecule has 3 aliphatic carbocycles. The third-order valence-corrected chi connectivity index (χ3v) is 10.5. The normalized spacial score (nSPS) is 24.7. The molecule has 1 amide bonds. The summed E-state index contributed by atoms with van der Waals surface area (Å²) in [6, 6.07) is 8.69. The van der Waals surface area contributed by atoms with Gasteiger partial charge in [-0.05, 0) is 112 Å². The van der Waals surface area contributed by atoms with Crippen LogP contribution in [0.25, 0.3) is 0 Å². The first-order chi connectivity index (χ1) is 20.9. The van der Waals surface area contributed by atoms with Crippen molar-refractivity contribution in [1.29, 1.82) is 0 Å². The van der Waals surface area contributed by atoms with Crippen LogP contribution >= 0.6 is 0 Å². The molecule has 1 aromatic heterocycles. The van der Waals surface area contributed by atoms with E-state index in [1.807, 2.05) is 29.8 Å². The standard InChI is InChI=1S/C34H40F3N5O2/c1-21-16-33(17-21,31-40-39-20-41(31)3)23-13-24(15-26(14-23)44-25-7-4-5-8-25)42-19-28-27(30(42)43)11-22(12-29(28)34(35,36)37)18-38-32(2)9-6-10-32/h11-15,20-21,25,38H,4-10,16-19H2,1-3H3. The Hall–Kier alpha value is -3.40. The summed E-state index contributed by atoms with van der Waals surface area (Å²) in [6.45, 7) is 4.43. The van der Waals surface area contributed by atoms with E-state index >= 15 is 0 Å². The van der Waals surface area contributed by atoms with Gasteiger partial charge in [0.25, 0.3) is 5.91 Å². The summed E-state index contributed by atoms with van der Waals surface area (Å²) in [7, 11) is 1.93. The predicted octanol–water partition coefficient (Wildman–Crippen LogP) is 7.06. The molecule has 7 nitrogen and oxygen atoms in total. The van der Waals surface area contributed by atoms with Crippen LogP contribution in [0, 0.1) is 5.92 Å². The van der Waals surface area contributed by atoms with Crippen LogP contribution in [0.5, 0.6) is 5.75 Å². The highest BCUT2D eigenvalue weighted by atomic mass is 19.4. The zero-order valence-electron chi connectivity index (χ0n) is 25.6. The van der Waals surface area contributed by atoms with E-state index in [-0.39, 0.29) is 35.9 Å². The zero-order chi connectivity index (χ0) is 30.9. The number of carbonyl (C=O) groups is 1. The number of hydrogen-bond donors (Lipinski definition) is 1. The van der Waals surface area contributed by atoms with Gasteiger partial charge in [0.1, 0.15) is 17.9 Å². The highest BCUT2D eigenvalue weighted by Gasteiger charge is 2.49. The number of halogens is 3. The Morgan fingerprint density at radius 2 is 1.82 bits per heavy atom. The number of aromatic nitrogens is 3. The maximum absolute atomic E-state index is 14.4. The molecule has 0 radical (unpaired) electrons. The molecular formula is C34H40F3N5O2. The number of ether oxygens (including phenoxy) is 1. The summed E-state index contributed by atoms with van der Waals surface area (Å²) >= 11 is 0. The van der Waals surface area contributed by atoms with Gasteiger partial charge in [0, 0.05) is 36.4 Å². The van der Waals surface area contributed by atoms with E-state index in [2.05, 4.69) is 29.4 Å². The van der Waals surface area contributed by atoms with Crippen LogP contribution in [-0.2, 0) is 31.7 Å². The number of nitrogens with zero attached hydrogens (tertiary/aromatic N) is 4. The van der Waals surface area contributed by atoms with Gasteiger partial charge in [-0.2, -0.15) is 13.2 Å². The fourth-order valence-electron chi connectivity index (χ4n) is 7.91. The molecule has 2 heterocycles. The number of aryl methyl sites for hydroxylation is 1. The molecule has 234 valence electrons. The molecule has 3 aromatic rings. The second kappa shape index (κ2) is 10.6. The largest absolute Gasteiger partial charge is 0.490 e. The monoisotopic (exact) mass is 607 g/mol. The number of fused-ring (bicyclic) bond motifs is 1. The summed E-state index contributed by atoms with van der Waals surface area (Å²) in [5.41, 5.74) is 0.915. The van der Waals surface area contributed by atoms with E-state index in [0.717, 1.165) is 69.2 Å². The number of amides is 1. The molecule has 0 spiro atoms. The molecule has 4 aliphatic rings. The molecule has 7 rings (SSSR count).